The molecule has 0 fully saturated rings. The minimum absolute atomic E-state index is 0.00541. The third-order valence-corrected chi connectivity index (χ3v) is 5.53. The molecule has 154 valence electrons. The van der Waals surface area contributed by atoms with E-state index < -0.39 is 27.8 Å². The highest BCUT2D eigenvalue weighted by Crippen LogP contribution is 2.27. The summed E-state index contributed by atoms with van der Waals surface area (Å²) in [5.74, 6) is -1.27. The molecule has 1 N–H and O–H groups in total. The van der Waals surface area contributed by atoms with Crippen LogP contribution in [0.1, 0.15) is 17.3 Å². The zero-order valence-electron chi connectivity index (χ0n) is 16.5. The number of anilines is 1. The number of para-hydroxylation sites is 1. The molecule has 0 saturated carbocycles. The van der Waals surface area contributed by atoms with Crippen LogP contribution in [0.5, 0.6) is 0 Å². The van der Waals surface area contributed by atoms with Crippen molar-refractivity contribution in [1.82, 2.24) is 0 Å². The monoisotopic (exact) mass is 423 g/mol. The molecular weight excluding hydrogens is 402 g/mol. The van der Waals surface area contributed by atoms with Crippen LogP contribution in [0.15, 0.2) is 83.8 Å². The summed E-state index contributed by atoms with van der Waals surface area (Å²) >= 11 is 0. The highest BCUT2D eigenvalue weighted by molar-refractivity contribution is 7.90. The fraction of sp³-hybridized carbons (Fsp3) is 0.130. The van der Waals surface area contributed by atoms with Crippen molar-refractivity contribution in [3.05, 3.63) is 84.4 Å². The lowest BCUT2D eigenvalue weighted by Crippen LogP contribution is -2.30. The fourth-order valence-corrected chi connectivity index (χ4v) is 3.50. The maximum absolute atomic E-state index is 12.6. The fourth-order valence-electron chi connectivity index (χ4n) is 2.83. The van der Waals surface area contributed by atoms with E-state index in [0.717, 1.165) is 17.4 Å². The Balaban J connectivity index is 1.73. The maximum atomic E-state index is 12.6. The molecule has 6 nitrogen and oxygen atoms in total. The van der Waals surface area contributed by atoms with Gasteiger partial charge in [-0.1, -0.05) is 54.6 Å². The van der Waals surface area contributed by atoms with Gasteiger partial charge in [0.25, 0.3) is 5.91 Å². The maximum Gasteiger partial charge on any atom is 0.338 e. The van der Waals surface area contributed by atoms with Gasteiger partial charge in [-0.25, -0.2) is 13.2 Å². The average molecular weight is 423 g/mol. The highest BCUT2D eigenvalue weighted by atomic mass is 32.2. The largest absolute Gasteiger partial charge is 0.449 e. The second-order valence-electron chi connectivity index (χ2n) is 6.75. The van der Waals surface area contributed by atoms with Crippen molar-refractivity contribution in [2.45, 2.75) is 17.9 Å². The van der Waals surface area contributed by atoms with Crippen LogP contribution < -0.4 is 5.32 Å². The van der Waals surface area contributed by atoms with E-state index >= 15 is 0 Å². The molecule has 0 heterocycles. The van der Waals surface area contributed by atoms with E-state index in [1.54, 1.807) is 12.1 Å². The molecule has 0 aliphatic rings. The first-order valence-corrected chi connectivity index (χ1v) is 11.1. The Hall–Kier alpha value is -3.45. The molecule has 3 rings (SSSR count). The third kappa shape index (κ3) is 5.12. The number of carbonyl (C=O) groups excluding carboxylic acids is 2. The number of nitrogens with one attached hydrogen (secondary N) is 1. The van der Waals surface area contributed by atoms with Crippen LogP contribution >= 0.6 is 0 Å². The number of esters is 1. The van der Waals surface area contributed by atoms with Crippen molar-refractivity contribution in [2.24, 2.45) is 0 Å². The van der Waals surface area contributed by atoms with E-state index in [2.05, 4.69) is 5.32 Å². The lowest BCUT2D eigenvalue weighted by atomic mass is 10.0. The number of hydrogen-bond donors (Lipinski definition) is 1. The van der Waals surface area contributed by atoms with Gasteiger partial charge in [0.05, 0.1) is 10.5 Å². The molecule has 0 aliphatic heterocycles. The van der Waals surface area contributed by atoms with Gasteiger partial charge in [0, 0.05) is 17.5 Å². The second-order valence-corrected chi connectivity index (χ2v) is 8.76. The first-order chi connectivity index (χ1) is 14.3. The van der Waals surface area contributed by atoms with Crippen molar-refractivity contribution < 1.29 is 22.7 Å². The minimum atomic E-state index is -3.46. The van der Waals surface area contributed by atoms with Crippen molar-refractivity contribution in [3.8, 4) is 11.1 Å². The van der Waals surface area contributed by atoms with E-state index in [4.69, 9.17) is 4.74 Å². The number of sulfone groups is 1. The Morgan fingerprint density at radius 2 is 1.57 bits per heavy atom. The number of carbonyl (C=O) groups is 2. The highest BCUT2D eigenvalue weighted by Gasteiger charge is 2.21. The Morgan fingerprint density at radius 3 is 2.27 bits per heavy atom. The number of rotatable bonds is 6. The third-order valence-electron chi connectivity index (χ3n) is 4.42. The summed E-state index contributed by atoms with van der Waals surface area (Å²) in [5, 5.41) is 2.79. The predicted octanol–water partition coefficient (Wildman–Crippen LogP) is 3.94. The summed E-state index contributed by atoms with van der Waals surface area (Å²) in [6.45, 7) is 1.46. The molecule has 30 heavy (non-hydrogen) atoms. The van der Waals surface area contributed by atoms with Crippen molar-refractivity contribution in [3.63, 3.8) is 0 Å². The molecule has 1 amide bonds. The van der Waals surface area contributed by atoms with Crippen molar-refractivity contribution in [2.75, 3.05) is 11.6 Å². The Labute approximate surface area is 175 Å². The molecular formula is C23H21NO5S. The summed E-state index contributed by atoms with van der Waals surface area (Å²) in [4.78, 5) is 25.0. The van der Waals surface area contributed by atoms with E-state index in [1.165, 1.54) is 31.2 Å². The second kappa shape index (κ2) is 8.92. The normalized spacial score (nSPS) is 12.1. The summed E-state index contributed by atoms with van der Waals surface area (Å²) in [7, 11) is -3.46. The predicted molar refractivity (Wildman–Crippen MR) is 115 cm³/mol. The quantitative estimate of drug-likeness (QED) is 0.607. The smallest absolute Gasteiger partial charge is 0.338 e. The van der Waals surface area contributed by atoms with Gasteiger partial charge in [-0.05, 0) is 36.8 Å². The van der Waals surface area contributed by atoms with Crippen LogP contribution in [0, 0.1) is 0 Å². The number of hydrogen-bond acceptors (Lipinski definition) is 5. The minimum Gasteiger partial charge on any atom is -0.449 e. The Morgan fingerprint density at radius 1 is 0.900 bits per heavy atom. The van der Waals surface area contributed by atoms with Crippen LogP contribution in [0.4, 0.5) is 5.69 Å². The number of benzene rings is 3. The van der Waals surface area contributed by atoms with Crippen LogP contribution in [0.25, 0.3) is 11.1 Å². The Bertz CT molecular complexity index is 1170. The molecule has 0 aromatic heterocycles. The van der Waals surface area contributed by atoms with E-state index in [0.29, 0.717) is 5.69 Å². The topological polar surface area (TPSA) is 89.5 Å². The van der Waals surface area contributed by atoms with E-state index in [1.807, 2.05) is 42.5 Å². The molecule has 0 saturated heterocycles. The standard InChI is InChI=1S/C23H21NO5S/c1-16(29-23(26)18-11-8-12-19(15-18)30(2,27)28)22(25)24-21-14-7-6-13-20(21)17-9-4-3-5-10-17/h3-16H,1-2H3,(H,24,25)/t16-/m0/s1. The molecule has 7 heteroatoms. The van der Waals surface area contributed by atoms with Gasteiger partial charge in [0.2, 0.25) is 0 Å². The first-order valence-electron chi connectivity index (χ1n) is 9.22. The van der Waals surface area contributed by atoms with Gasteiger partial charge in [0.15, 0.2) is 15.9 Å². The van der Waals surface area contributed by atoms with Gasteiger partial charge < -0.3 is 10.1 Å². The van der Waals surface area contributed by atoms with Crippen LogP contribution in [-0.2, 0) is 19.4 Å². The average Bonchev–Trinajstić information content (AvgIpc) is 2.74. The number of ether oxygens (including phenoxy) is 1. The van der Waals surface area contributed by atoms with Gasteiger partial charge in [-0.15, -0.1) is 0 Å². The van der Waals surface area contributed by atoms with Gasteiger partial charge in [0.1, 0.15) is 0 Å². The van der Waals surface area contributed by atoms with Crippen molar-refractivity contribution in [1.29, 1.82) is 0 Å². The van der Waals surface area contributed by atoms with Gasteiger partial charge >= 0.3 is 5.97 Å². The molecule has 0 unspecified atom stereocenters. The van der Waals surface area contributed by atoms with Crippen LogP contribution in [0.2, 0.25) is 0 Å². The molecule has 3 aromatic rings. The zero-order chi connectivity index (χ0) is 21.7. The lowest BCUT2D eigenvalue weighted by molar-refractivity contribution is -0.123. The Kier molecular flexibility index (Phi) is 6.32. The molecule has 0 bridgehead atoms. The summed E-state index contributed by atoms with van der Waals surface area (Å²) in [6, 6.07) is 22.4. The summed E-state index contributed by atoms with van der Waals surface area (Å²) < 4.78 is 28.6. The molecule has 0 spiro atoms. The SMILES string of the molecule is C[C@H](OC(=O)c1cccc(S(C)(=O)=O)c1)C(=O)Nc1ccccc1-c1ccccc1. The van der Waals surface area contributed by atoms with Gasteiger partial charge in [-0.3, -0.25) is 4.79 Å². The van der Waals surface area contributed by atoms with E-state index in [9.17, 15) is 18.0 Å². The van der Waals surface area contributed by atoms with Crippen LogP contribution in [0.3, 0.4) is 0 Å². The summed E-state index contributed by atoms with van der Waals surface area (Å²) in [5.41, 5.74) is 2.43. The zero-order valence-corrected chi connectivity index (χ0v) is 17.3. The summed E-state index contributed by atoms with van der Waals surface area (Å²) in [6.07, 6.45) is -0.0271. The molecule has 0 radical (unpaired) electrons. The van der Waals surface area contributed by atoms with Crippen LogP contribution in [-0.4, -0.2) is 32.7 Å². The lowest BCUT2D eigenvalue weighted by Gasteiger charge is -2.16. The molecule has 0 aliphatic carbocycles. The van der Waals surface area contributed by atoms with Crippen molar-refractivity contribution >= 4 is 27.4 Å². The molecule has 1 atom stereocenters. The molecule has 3 aromatic carbocycles. The van der Waals surface area contributed by atoms with E-state index in [-0.39, 0.29) is 10.5 Å². The first kappa shape index (κ1) is 21.3. The van der Waals surface area contributed by atoms with Gasteiger partial charge in [-0.2, -0.15) is 0 Å². The number of amides is 1.